The van der Waals surface area contributed by atoms with Gasteiger partial charge in [-0.25, -0.2) is 16.8 Å². The van der Waals surface area contributed by atoms with Gasteiger partial charge in [0.2, 0.25) is 10.0 Å². The van der Waals surface area contributed by atoms with Gasteiger partial charge in [0.05, 0.1) is 18.2 Å². The number of hydrogen-bond donors (Lipinski definition) is 1. The molecule has 0 aliphatic carbocycles. The fourth-order valence-electron chi connectivity index (χ4n) is 3.72. The molecule has 1 N–H and O–H groups in total. The fourth-order valence-corrected chi connectivity index (χ4v) is 7.49. The van der Waals surface area contributed by atoms with E-state index in [1.807, 2.05) is 6.07 Å². The lowest BCUT2D eigenvalue weighted by molar-refractivity contribution is 0.146. The molecule has 0 spiro atoms. The zero-order valence-electron chi connectivity index (χ0n) is 20.7. The highest BCUT2D eigenvalue weighted by Gasteiger charge is 2.28. The van der Waals surface area contributed by atoms with Gasteiger partial charge in [-0.15, -0.1) is 11.3 Å². The molecule has 0 saturated carbocycles. The molecule has 0 unspecified atom stereocenters. The van der Waals surface area contributed by atoms with Crippen LogP contribution in [0.4, 0.5) is 0 Å². The van der Waals surface area contributed by atoms with Gasteiger partial charge in [-0.05, 0) is 40.8 Å². The molecule has 0 aliphatic rings. The van der Waals surface area contributed by atoms with E-state index in [0.717, 1.165) is 21.2 Å². The van der Waals surface area contributed by atoms with E-state index in [0.29, 0.717) is 30.1 Å². The van der Waals surface area contributed by atoms with Crippen molar-refractivity contribution in [2.24, 2.45) is 0 Å². The topological polar surface area (TPSA) is 102 Å². The molecule has 11 heteroatoms. The molecular weight excluding hydrogens is 545 g/mol. The SMILES string of the molecule is COCCOc1cccc(-c2ccccc2S(=O)(=O)NCN(Cc2ccccc2)S(=O)(=O)c2cccs2)c1. The van der Waals surface area contributed by atoms with Gasteiger partial charge < -0.3 is 9.47 Å². The van der Waals surface area contributed by atoms with Gasteiger partial charge in [0.1, 0.15) is 16.6 Å². The zero-order chi connectivity index (χ0) is 27.0. The standard InChI is InChI=1S/C27H28N2O6S3/c1-34-16-17-35-24-12-7-11-23(19-24)25-13-5-6-14-26(25)37(30,31)28-21-29(20-22-9-3-2-4-10-22)38(32,33)27-15-8-18-36-27/h2-15,18-19,28H,16-17,20-21H2,1H3. The van der Waals surface area contributed by atoms with Gasteiger partial charge in [-0.2, -0.15) is 9.03 Å². The Morgan fingerprint density at radius 2 is 1.61 bits per heavy atom. The summed E-state index contributed by atoms with van der Waals surface area (Å²) in [5.74, 6) is 0.579. The lowest BCUT2D eigenvalue weighted by Crippen LogP contribution is -2.40. The number of rotatable bonds is 13. The molecule has 1 aromatic heterocycles. The van der Waals surface area contributed by atoms with Crippen molar-refractivity contribution in [2.45, 2.75) is 15.6 Å². The van der Waals surface area contributed by atoms with E-state index in [9.17, 15) is 16.8 Å². The molecule has 200 valence electrons. The van der Waals surface area contributed by atoms with E-state index < -0.39 is 26.7 Å². The summed E-state index contributed by atoms with van der Waals surface area (Å²) >= 11 is 1.08. The zero-order valence-corrected chi connectivity index (χ0v) is 23.1. The Morgan fingerprint density at radius 1 is 0.842 bits per heavy atom. The molecular formula is C27H28N2O6S3. The summed E-state index contributed by atoms with van der Waals surface area (Å²) in [6, 6.07) is 25.9. The maximum absolute atomic E-state index is 13.5. The molecule has 0 amide bonds. The van der Waals surface area contributed by atoms with E-state index in [1.54, 1.807) is 85.3 Å². The number of methoxy groups -OCH3 is 1. The molecule has 3 aromatic carbocycles. The highest BCUT2D eigenvalue weighted by Crippen LogP contribution is 2.30. The Hall–Kier alpha value is -3.06. The minimum Gasteiger partial charge on any atom is -0.491 e. The minimum absolute atomic E-state index is 0.00605. The van der Waals surface area contributed by atoms with E-state index >= 15 is 0 Å². The number of benzene rings is 3. The average Bonchev–Trinajstić information content (AvgIpc) is 3.48. The monoisotopic (exact) mass is 572 g/mol. The molecule has 1 heterocycles. The summed E-state index contributed by atoms with van der Waals surface area (Å²) in [4.78, 5) is 0.0298. The van der Waals surface area contributed by atoms with Crippen LogP contribution in [0.15, 0.2) is 105 Å². The van der Waals surface area contributed by atoms with Gasteiger partial charge in [0.25, 0.3) is 10.0 Å². The minimum atomic E-state index is -4.10. The van der Waals surface area contributed by atoms with Gasteiger partial charge in [-0.1, -0.05) is 66.7 Å². The second-order valence-electron chi connectivity index (χ2n) is 8.20. The summed E-state index contributed by atoms with van der Waals surface area (Å²) in [6.07, 6.45) is 0. The van der Waals surface area contributed by atoms with E-state index in [4.69, 9.17) is 9.47 Å². The first kappa shape index (κ1) is 28.0. The molecule has 0 bridgehead atoms. The first-order valence-corrected chi connectivity index (χ1v) is 15.5. The van der Waals surface area contributed by atoms with Crippen LogP contribution in [-0.4, -0.2) is 48.1 Å². The lowest BCUT2D eigenvalue weighted by atomic mass is 10.1. The predicted molar refractivity (Wildman–Crippen MR) is 148 cm³/mol. The number of thiophene rings is 1. The van der Waals surface area contributed by atoms with Crippen molar-refractivity contribution in [1.29, 1.82) is 0 Å². The first-order valence-electron chi connectivity index (χ1n) is 11.7. The predicted octanol–water partition coefficient (Wildman–Crippen LogP) is 4.57. The van der Waals surface area contributed by atoms with Crippen LogP contribution < -0.4 is 9.46 Å². The maximum atomic E-state index is 13.5. The van der Waals surface area contributed by atoms with Crippen molar-refractivity contribution in [1.82, 2.24) is 9.03 Å². The van der Waals surface area contributed by atoms with Gasteiger partial charge in [0, 0.05) is 19.2 Å². The van der Waals surface area contributed by atoms with Crippen molar-refractivity contribution in [3.05, 3.63) is 102 Å². The van der Waals surface area contributed by atoms with Crippen molar-refractivity contribution >= 4 is 31.4 Å². The van der Waals surface area contributed by atoms with Crippen LogP contribution in [0.1, 0.15) is 5.56 Å². The number of sulfonamides is 2. The summed E-state index contributed by atoms with van der Waals surface area (Å²) in [6.45, 7) is 0.350. The Balaban J connectivity index is 1.61. The Bertz CT molecular complexity index is 1540. The van der Waals surface area contributed by atoms with Crippen molar-refractivity contribution < 1.29 is 26.3 Å². The number of nitrogens with one attached hydrogen (secondary N) is 1. The Morgan fingerprint density at radius 3 is 2.34 bits per heavy atom. The third kappa shape index (κ3) is 6.87. The van der Waals surface area contributed by atoms with Crippen molar-refractivity contribution in [3.63, 3.8) is 0 Å². The summed E-state index contributed by atoms with van der Waals surface area (Å²) in [7, 11) is -6.46. The van der Waals surface area contributed by atoms with Crippen LogP contribution in [0.25, 0.3) is 11.1 Å². The average molecular weight is 573 g/mol. The van der Waals surface area contributed by atoms with Crippen molar-refractivity contribution in [2.75, 3.05) is 27.0 Å². The van der Waals surface area contributed by atoms with E-state index in [2.05, 4.69) is 4.72 Å². The molecule has 0 radical (unpaired) electrons. The Labute approximate surface area is 227 Å². The van der Waals surface area contributed by atoms with Gasteiger partial charge >= 0.3 is 0 Å². The molecule has 0 fully saturated rings. The highest BCUT2D eigenvalue weighted by atomic mass is 32.2. The molecule has 0 saturated heterocycles. The molecule has 0 aliphatic heterocycles. The lowest BCUT2D eigenvalue weighted by Gasteiger charge is -2.22. The van der Waals surface area contributed by atoms with Crippen LogP contribution in [0, 0.1) is 0 Å². The third-order valence-electron chi connectivity index (χ3n) is 5.60. The summed E-state index contributed by atoms with van der Waals surface area (Å²) < 4.78 is 68.2. The second-order valence-corrected chi connectivity index (χ2v) is 13.1. The van der Waals surface area contributed by atoms with Crippen LogP contribution in [0.2, 0.25) is 0 Å². The quantitative estimate of drug-likeness (QED) is 0.186. The molecule has 4 rings (SSSR count). The number of hydrogen-bond acceptors (Lipinski definition) is 7. The molecule has 4 aromatic rings. The summed E-state index contributed by atoms with van der Waals surface area (Å²) in [5.41, 5.74) is 1.85. The maximum Gasteiger partial charge on any atom is 0.254 e. The van der Waals surface area contributed by atoms with Crippen LogP contribution in [0.5, 0.6) is 5.75 Å². The van der Waals surface area contributed by atoms with Crippen LogP contribution >= 0.6 is 11.3 Å². The van der Waals surface area contributed by atoms with E-state index in [-0.39, 0.29) is 15.6 Å². The fraction of sp³-hybridized carbons (Fsp3) is 0.185. The van der Waals surface area contributed by atoms with E-state index in [1.165, 1.54) is 12.1 Å². The Kier molecular flexibility index (Phi) is 9.31. The van der Waals surface area contributed by atoms with Crippen LogP contribution in [-0.2, 0) is 31.3 Å². The second kappa shape index (κ2) is 12.7. The van der Waals surface area contributed by atoms with Crippen LogP contribution in [0.3, 0.4) is 0 Å². The number of nitrogens with zero attached hydrogens (tertiary/aromatic N) is 1. The normalized spacial score (nSPS) is 12.1. The number of ether oxygens (including phenoxy) is 2. The smallest absolute Gasteiger partial charge is 0.254 e. The van der Waals surface area contributed by atoms with Gasteiger partial charge in [0.15, 0.2) is 0 Å². The first-order chi connectivity index (χ1) is 18.3. The third-order valence-corrected chi connectivity index (χ3v) is 10.2. The summed E-state index contributed by atoms with van der Waals surface area (Å²) in [5, 5.41) is 1.67. The molecule has 0 atom stereocenters. The van der Waals surface area contributed by atoms with Gasteiger partial charge in [-0.3, -0.25) is 0 Å². The van der Waals surface area contributed by atoms with Crippen molar-refractivity contribution in [3.8, 4) is 16.9 Å². The molecule has 38 heavy (non-hydrogen) atoms. The highest BCUT2D eigenvalue weighted by molar-refractivity contribution is 7.91. The molecule has 8 nitrogen and oxygen atoms in total. The largest absolute Gasteiger partial charge is 0.491 e.